The molecule has 0 saturated carbocycles. The Morgan fingerprint density at radius 3 is 2.56 bits per heavy atom. The van der Waals surface area contributed by atoms with E-state index in [1.807, 2.05) is 36.6 Å². The van der Waals surface area contributed by atoms with Crippen molar-refractivity contribution in [1.82, 2.24) is 4.90 Å². The third-order valence-electron chi connectivity index (χ3n) is 4.39. The predicted molar refractivity (Wildman–Crippen MR) is 102 cm³/mol. The summed E-state index contributed by atoms with van der Waals surface area (Å²) in [4.78, 5) is 27.5. The van der Waals surface area contributed by atoms with Gasteiger partial charge in [0.25, 0.3) is 11.7 Å². The zero-order valence-electron chi connectivity index (χ0n) is 14.9. The van der Waals surface area contributed by atoms with Gasteiger partial charge < -0.3 is 19.8 Å². The Bertz CT molecular complexity index is 842. The van der Waals surface area contributed by atoms with E-state index in [0.29, 0.717) is 5.56 Å². The van der Waals surface area contributed by atoms with Crippen molar-refractivity contribution in [2.75, 3.05) is 26.4 Å². The number of ketones is 1. The highest BCUT2D eigenvalue weighted by Gasteiger charge is 2.46. The summed E-state index contributed by atoms with van der Waals surface area (Å²) in [5, 5.41) is 21.5. The van der Waals surface area contributed by atoms with Gasteiger partial charge in [0.1, 0.15) is 5.76 Å². The van der Waals surface area contributed by atoms with E-state index in [-0.39, 0.29) is 37.7 Å². The fraction of sp³-hybridized carbons (Fsp3) is 0.300. The van der Waals surface area contributed by atoms with Crippen molar-refractivity contribution in [3.63, 3.8) is 0 Å². The van der Waals surface area contributed by atoms with Crippen LogP contribution in [0.4, 0.5) is 0 Å². The van der Waals surface area contributed by atoms with Crippen LogP contribution in [0.2, 0.25) is 0 Å². The highest BCUT2D eigenvalue weighted by molar-refractivity contribution is 7.10. The van der Waals surface area contributed by atoms with Crippen LogP contribution in [0.25, 0.3) is 5.76 Å². The number of Topliss-reactive ketones (excluding diaryl/α,β-unsaturated/α-hetero) is 1. The first-order valence-corrected chi connectivity index (χ1v) is 9.50. The maximum atomic E-state index is 12.7. The van der Waals surface area contributed by atoms with Gasteiger partial charge in [-0.05, 0) is 18.4 Å². The zero-order chi connectivity index (χ0) is 19.4. The summed E-state index contributed by atoms with van der Waals surface area (Å²) in [7, 11) is 0. The summed E-state index contributed by atoms with van der Waals surface area (Å²) in [6.45, 7) is 2.37. The number of aliphatic hydroxyl groups excluding tert-OH is 2. The summed E-state index contributed by atoms with van der Waals surface area (Å²) < 4.78 is 5.26. The Kier molecular flexibility index (Phi) is 6.05. The van der Waals surface area contributed by atoms with Gasteiger partial charge in [0.15, 0.2) is 0 Å². The second-order valence-corrected chi connectivity index (χ2v) is 7.19. The number of likely N-dealkylation sites (tertiary alicyclic amines) is 1. The Hall–Kier alpha value is -2.48. The molecule has 0 aliphatic carbocycles. The summed E-state index contributed by atoms with van der Waals surface area (Å²) in [5.41, 5.74) is 1.62. The molecule has 0 radical (unpaired) electrons. The van der Waals surface area contributed by atoms with Gasteiger partial charge in [0.05, 0.1) is 31.4 Å². The van der Waals surface area contributed by atoms with E-state index in [1.54, 1.807) is 12.1 Å². The van der Waals surface area contributed by atoms with Crippen LogP contribution in [0.1, 0.15) is 22.0 Å². The normalized spacial score (nSPS) is 19.0. The molecule has 3 rings (SSSR count). The van der Waals surface area contributed by atoms with E-state index in [0.717, 1.165) is 10.4 Å². The third kappa shape index (κ3) is 3.95. The second kappa shape index (κ2) is 8.47. The van der Waals surface area contributed by atoms with Crippen molar-refractivity contribution in [3.8, 4) is 0 Å². The van der Waals surface area contributed by atoms with Crippen molar-refractivity contribution in [2.45, 2.75) is 13.0 Å². The van der Waals surface area contributed by atoms with E-state index in [4.69, 9.17) is 9.84 Å². The summed E-state index contributed by atoms with van der Waals surface area (Å²) in [6, 6.07) is 10.2. The number of aryl methyl sites for hydroxylation is 1. The predicted octanol–water partition coefficient (Wildman–Crippen LogP) is 2.49. The zero-order valence-corrected chi connectivity index (χ0v) is 15.7. The first-order chi connectivity index (χ1) is 13.0. The van der Waals surface area contributed by atoms with Crippen LogP contribution in [0.5, 0.6) is 0 Å². The van der Waals surface area contributed by atoms with Crippen LogP contribution in [0, 0.1) is 6.92 Å². The lowest BCUT2D eigenvalue weighted by atomic mass is 9.99. The van der Waals surface area contributed by atoms with E-state index in [9.17, 15) is 14.7 Å². The van der Waals surface area contributed by atoms with Gasteiger partial charge in [-0.2, -0.15) is 0 Å². The largest absolute Gasteiger partial charge is 0.507 e. The van der Waals surface area contributed by atoms with Gasteiger partial charge in [-0.25, -0.2) is 0 Å². The Morgan fingerprint density at radius 2 is 1.93 bits per heavy atom. The van der Waals surface area contributed by atoms with Crippen LogP contribution in [-0.4, -0.2) is 53.2 Å². The van der Waals surface area contributed by atoms with E-state index in [1.165, 1.54) is 16.2 Å². The summed E-state index contributed by atoms with van der Waals surface area (Å²) in [6.07, 6.45) is 0. The van der Waals surface area contributed by atoms with Gasteiger partial charge in [-0.3, -0.25) is 9.59 Å². The maximum Gasteiger partial charge on any atom is 0.295 e. The molecule has 1 atom stereocenters. The molecule has 1 aliphatic rings. The number of carbonyl (C=O) groups is 2. The number of hydrogen-bond donors (Lipinski definition) is 2. The lowest BCUT2D eigenvalue weighted by Gasteiger charge is -2.23. The Morgan fingerprint density at radius 1 is 1.19 bits per heavy atom. The molecule has 0 bridgehead atoms. The van der Waals surface area contributed by atoms with Crippen LogP contribution in [0.3, 0.4) is 0 Å². The number of amides is 1. The number of benzene rings is 1. The van der Waals surface area contributed by atoms with Crippen LogP contribution < -0.4 is 0 Å². The molecule has 1 saturated heterocycles. The number of nitrogens with zero attached hydrogens (tertiary/aromatic N) is 1. The average molecular weight is 387 g/mol. The van der Waals surface area contributed by atoms with Crippen molar-refractivity contribution in [2.24, 2.45) is 0 Å². The van der Waals surface area contributed by atoms with Gasteiger partial charge in [0, 0.05) is 17.0 Å². The molecule has 1 amide bonds. The number of carbonyl (C=O) groups excluding carboxylic acids is 2. The molecule has 2 aromatic rings. The molecule has 7 heteroatoms. The topological polar surface area (TPSA) is 87.1 Å². The van der Waals surface area contributed by atoms with Crippen LogP contribution in [0.15, 0.2) is 47.4 Å². The van der Waals surface area contributed by atoms with Crippen molar-refractivity contribution in [1.29, 1.82) is 0 Å². The SMILES string of the molecule is Cc1ccc(/C(O)=C2\C(=O)C(=O)N(CCOCCO)C2c2cccs2)cc1. The van der Waals surface area contributed by atoms with E-state index in [2.05, 4.69) is 0 Å². The molecule has 142 valence electrons. The number of ether oxygens (including phenoxy) is 1. The number of hydrogen-bond acceptors (Lipinski definition) is 6. The molecular weight excluding hydrogens is 366 g/mol. The average Bonchev–Trinajstić information content (AvgIpc) is 3.27. The molecular formula is C20H21NO5S. The van der Waals surface area contributed by atoms with E-state index < -0.39 is 17.7 Å². The summed E-state index contributed by atoms with van der Waals surface area (Å²) in [5.74, 6) is -1.53. The molecule has 2 heterocycles. The Labute approximate surface area is 161 Å². The molecule has 27 heavy (non-hydrogen) atoms. The first kappa shape index (κ1) is 19.3. The molecule has 1 aromatic heterocycles. The number of aliphatic hydroxyl groups is 2. The Balaban J connectivity index is 2.00. The highest BCUT2D eigenvalue weighted by atomic mass is 32.1. The van der Waals surface area contributed by atoms with Crippen LogP contribution in [-0.2, 0) is 14.3 Å². The molecule has 6 nitrogen and oxygen atoms in total. The molecule has 2 N–H and O–H groups in total. The molecule has 1 unspecified atom stereocenters. The van der Waals surface area contributed by atoms with Crippen molar-refractivity contribution < 1.29 is 24.5 Å². The standard InChI is InChI=1S/C20H21NO5S/c1-13-4-6-14(7-5-13)18(23)16-17(15-3-2-12-27-15)21(20(25)19(16)24)8-10-26-11-9-22/h2-7,12,17,22-23H,8-11H2,1H3/b18-16+. The second-order valence-electron chi connectivity index (χ2n) is 6.21. The van der Waals surface area contributed by atoms with Gasteiger partial charge in [-0.1, -0.05) is 35.9 Å². The lowest BCUT2D eigenvalue weighted by molar-refractivity contribution is -0.140. The number of thiophene rings is 1. The minimum atomic E-state index is -0.700. The quantitative estimate of drug-likeness (QED) is 0.330. The maximum absolute atomic E-state index is 12.7. The van der Waals surface area contributed by atoms with Gasteiger partial charge in [0.2, 0.25) is 0 Å². The molecule has 1 fully saturated rings. The molecule has 1 aliphatic heterocycles. The third-order valence-corrected chi connectivity index (χ3v) is 5.31. The first-order valence-electron chi connectivity index (χ1n) is 8.62. The summed E-state index contributed by atoms with van der Waals surface area (Å²) >= 11 is 1.42. The van der Waals surface area contributed by atoms with Crippen molar-refractivity contribution >= 4 is 28.8 Å². The van der Waals surface area contributed by atoms with Crippen LogP contribution >= 0.6 is 11.3 Å². The smallest absolute Gasteiger partial charge is 0.295 e. The van der Waals surface area contributed by atoms with Gasteiger partial charge >= 0.3 is 0 Å². The van der Waals surface area contributed by atoms with Gasteiger partial charge in [-0.15, -0.1) is 11.3 Å². The monoisotopic (exact) mass is 387 g/mol. The minimum absolute atomic E-state index is 0.0912. The molecule has 1 aromatic carbocycles. The molecule has 0 spiro atoms. The van der Waals surface area contributed by atoms with E-state index >= 15 is 0 Å². The fourth-order valence-corrected chi connectivity index (χ4v) is 3.90. The lowest BCUT2D eigenvalue weighted by Crippen LogP contribution is -2.32. The highest BCUT2D eigenvalue weighted by Crippen LogP contribution is 2.40. The fourth-order valence-electron chi connectivity index (χ4n) is 3.05. The number of rotatable bonds is 7. The van der Waals surface area contributed by atoms with Crippen molar-refractivity contribution in [3.05, 3.63) is 63.4 Å². The minimum Gasteiger partial charge on any atom is -0.507 e.